The zero-order valence-corrected chi connectivity index (χ0v) is 17.8. The van der Waals surface area contributed by atoms with Crippen molar-refractivity contribution in [1.29, 1.82) is 0 Å². The molecule has 1 heteroatoms. The summed E-state index contributed by atoms with van der Waals surface area (Å²) in [6.45, 7) is 6.50. The molecule has 0 fully saturated rings. The largest absolute Gasteiger partial charge is 0.220 e. The van der Waals surface area contributed by atoms with Gasteiger partial charge in [0.15, 0.2) is 5.69 Å². The molecular weight excluding hydrogens is 350 g/mol. The first-order valence-electron chi connectivity index (χ1n) is 11.1. The van der Waals surface area contributed by atoms with Crippen LogP contribution in [0.1, 0.15) is 35.7 Å². The lowest BCUT2D eigenvalue weighted by Crippen LogP contribution is -2.35. The summed E-state index contributed by atoms with van der Waals surface area (Å²) in [5.74, 6) is 0. The Morgan fingerprint density at radius 3 is 2.34 bits per heavy atom. The highest BCUT2D eigenvalue weighted by atomic mass is 14.9. The molecule has 0 amide bonds. The molecule has 29 heavy (non-hydrogen) atoms. The van der Waals surface area contributed by atoms with Gasteiger partial charge in [0, 0.05) is 13.0 Å². The molecule has 1 aromatic heterocycles. The Labute approximate surface area is 175 Å². The molecule has 144 valence electrons. The van der Waals surface area contributed by atoms with E-state index in [0.29, 0.717) is 6.04 Å². The summed E-state index contributed by atoms with van der Waals surface area (Å²) < 4.78 is 11.0. The lowest BCUT2D eigenvalue weighted by atomic mass is 9.91. The fraction of sp³-hybridized carbons (Fsp3) is 0.250. The molecule has 1 nitrogen and oxygen atoms in total. The van der Waals surface area contributed by atoms with Crippen molar-refractivity contribution in [2.45, 2.75) is 40.0 Å². The number of nitrogens with zero attached hydrogens (tertiary/aromatic N) is 1. The smallest absolute Gasteiger partial charge is 0.198 e. The summed E-state index contributed by atoms with van der Waals surface area (Å²) in [4.78, 5) is 0. The van der Waals surface area contributed by atoms with E-state index < -0.39 is 0 Å². The van der Waals surface area contributed by atoms with Crippen LogP contribution in [0.5, 0.6) is 0 Å². The van der Waals surface area contributed by atoms with Gasteiger partial charge < -0.3 is 0 Å². The third-order valence-electron chi connectivity index (χ3n) is 6.67. The Morgan fingerprint density at radius 1 is 0.862 bits per heavy atom. The van der Waals surface area contributed by atoms with E-state index >= 15 is 0 Å². The van der Waals surface area contributed by atoms with Gasteiger partial charge in [0.05, 0.1) is 12.3 Å². The van der Waals surface area contributed by atoms with Gasteiger partial charge in [0.2, 0.25) is 5.69 Å². The highest BCUT2D eigenvalue weighted by molar-refractivity contribution is 5.96. The van der Waals surface area contributed by atoms with Crippen molar-refractivity contribution in [3.63, 3.8) is 0 Å². The molecule has 5 rings (SSSR count). The Bertz CT molecular complexity index is 1300. The number of rotatable bonds is 2. The number of aryl methyl sites for hydroxylation is 3. The lowest BCUT2D eigenvalue weighted by Gasteiger charge is -2.15. The fourth-order valence-electron chi connectivity index (χ4n) is 4.78. The highest BCUT2D eigenvalue weighted by Crippen LogP contribution is 2.36. The van der Waals surface area contributed by atoms with Crippen LogP contribution in [-0.2, 0) is 19.9 Å². The second-order valence-corrected chi connectivity index (χ2v) is 8.47. The van der Waals surface area contributed by atoms with Crippen LogP contribution in [-0.4, -0.2) is 0 Å². The van der Waals surface area contributed by atoms with Gasteiger partial charge in [-0.15, -0.1) is 0 Å². The SMILES string of the molecule is [2H]c1c(C)[n+](C)c(-c2cc(-c3ccccc3)cc(C)c2C)c2cc3c(cc12)CCC3. The van der Waals surface area contributed by atoms with E-state index in [1.165, 1.54) is 56.4 Å². The van der Waals surface area contributed by atoms with E-state index in [9.17, 15) is 0 Å². The molecule has 3 aromatic carbocycles. The monoisotopic (exact) mass is 379 g/mol. The highest BCUT2D eigenvalue weighted by Gasteiger charge is 2.23. The topological polar surface area (TPSA) is 3.88 Å². The van der Waals surface area contributed by atoms with Crippen LogP contribution in [0, 0.1) is 20.8 Å². The van der Waals surface area contributed by atoms with E-state index in [4.69, 9.17) is 1.37 Å². The molecule has 0 N–H and O–H groups in total. The molecular formula is C28H28N+. The van der Waals surface area contributed by atoms with Gasteiger partial charge >= 0.3 is 0 Å². The first kappa shape index (κ1) is 17.0. The van der Waals surface area contributed by atoms with Crippen molar-refractivity contribution in [2.75, 3.05) is 0 Å². The van der Waals surface area contributed by atoms with E-state index in [1.54, 1.807) is 0 Å². The summed E-state index contributed by atoms with van der Waals surface area (Å²) in [5, 5.41) is 2.30. The van der Waals surface area contributed by atoms with Crippen LogP contribution < -0.4 is 4.57 Å². The van der Waals surface area contributed by atoms with Gasteiger partial charge in [0.1, 0.15) is 7.05 Å². The maximum absolute atomic E-state index is 8.80. The second kappa shape index (κ2) is 6.84. The van der Waals surface area contributed by atoms with Crippen molar-refractivity contribution in [3.05, 3.63) is 88.6 Å². The minimum Gasteiger partial charge on any atom is -0.198 e. The van der Waals surface area contributed by atoms with E-state index in [-0.39, 0.29) is 0 Å². The van der Waals surface area contributed by atoms with Crippen LogP contribution in [0.4, 0.5) is 0 Å². The van der Waals surface area contributed by atoms with E-state index in [1.807, 2.05) is 0 Å². The number of hydrogen-bond donors (Lipinski definition) is 0. The van der Waals surface area contributed by atoms with Crippen LogP contribution in [0.3, 0.4) is 0 Å². The molecule has 1 aliphatic rings. The summed E-state index contributed by atoms with van der Waals surface area (Å²) in [6, 6.07) is 20.6. The Hall–Kier alpha value is -2.93. The average molecular weight is 380 g/mol. The molecule has 0 bridgehead atoms. The average Bonchev–Trinajstić information content (AvgIpc) is 3.22. The third kappa shape index (κ3) is 2.97. The molecule has 0 unspecified atom stereocenters. The molecule has 0 radical (unpaired) electrons. The summed E-state index contributed by atoms with van der Waals surface area (Å²) in [7, 11) is 2.11. The van der Waals surface area contributed by atoms with Crippen molar-refractivity contribution in [1.82, 2.24) is 0 Å². The molecule has 0 spiro atoms. The van der Waals surface area contributed by atoms with Crippen LogP contribution in [0.2, 0.25) is 0 Å². The number of benzene rings is 3. The van der Waals surface area contributed by atoms with Crippen molar-refractivity contribution >= 4 is 10.8 Å². The number of fused-ring (bicyclic) bond motifs is 2. The predicted octanol–water partition coefficient (Wildman–Crippen LogP) is 6.41. The number of pyridine rings is 1. The molecule has 0 aliphatic heterocycles. The van der Waals surface area contributed by atoms with E-state index in [0.717, 1.165) is 23.9 Å². The first-order valence-corrected chi connectivity index (χ1v) is 10.6. The Balaban J connectivity index is 1.87. The lowest BCUT2D eigenvalue weighted by molar-refractivity contribution is -0.665. The molecule has 0 atom stereocenters. The van der Waals surface area contributed by atoms with Gasteiger partial charge in [-0.3, -0.25) is 0 Å². The first-order chi connectivity index (χ1) is 14.5. The molecule has 1 heterocycles. The van der Waals surface area contributed by atoms with Gasteiger partial charge in [-0.1, -0.05) is 42.5 Å². The minimum atomic E-state index is 0.652. The maximum Gasteiger partial charge on any atom is 0.220 e. The summed E-state index contributed by atoms with van der Waals surface area (Å²) in [5.41, 5.74) is 11.5. The molecule has 1 aliphatic carbocycles. The minimum absolute atomic E-state index is 0.652. The van der Waals surface area contributed by atoms with Gasteiger partial charge in [-0.2, -0.15) is 4.57 Å². The number of hydrogen-bond acceptors (Lipinski definition) is 0. The molecule has 0 saturated heterocycles. The maximum atomic E-state index is 8.80. The zero-order chi connectivity index (χ0) is 21.0. The Kier molecular flexibility index (Phi) is 4.01. The third-order valence-corrected chi connectivity index (χ3v) is 6.67. The van der Waals surface area contributed by atoms with Gasteiger partial charge in [-0.05, 0) is 84.0 Å². The normalized spacial score (nSPS) is 13.6. The van der Waals surface area contributed by atoms with Crippen molar-refractivity contribution < 1.29 is 5.94 Å². The van der Waals surface area contributed by atoms with Gasteiger partial charge in [-0.25, -0.2) is 0 Å². The molecule has 0 saturated carbocycles. The Morgan fingerprint density at radius 2 is 1.59 bits per heavy atom. The standard InChI is InChI=1S/C28H28N/c1-18-13-24(21-9-6-5-7-10-21)17-26(20(18)3)28-27-16-23-12-8-11-22(23)15-25(27)14-19(2)29(28)4/h5-7,9-10,13-17H,8,11-12H2,1-4H3/q+1/i14D. The van der Waals surface area contributed by atoms with Crippen LogP contribution >= 0.6 is 0 Å². The van der Waals surface area contributed by atoms with Crippen molar-refractivity contribution in [3.8, 4) is 22.4 Å². The van der Waals surface area contributed by atoms with Crippen molar-refractivity contribution in [2.24, 2.45) is 7.05 Å². The number of aromatic nitrogens is 1. The fourth-order valence-corrected chi connectivity index (χ4v) is 4.78. The predicted molar refractivity (Wildman–Crippen MR) is 122 cm³/mol. The molecule has 4 aromatic rings. The van der Waals surface area contributed by atoms with Crippen LogP contribution in [0.25, 0.3) is 33.2 Å². The van der Waals surface area contributed by atoms with E-state index in [2.05, 4.69) is 87.0 Å². The zero-order valence-electron chi connectivity index (χ0n) is 18.8. The van der Waals surface area contributed by atoms with Crippen LogP contribution in [0.15, 0.2) is 60.6 Å². The summed E-state index contributed by atoms with van der Waals surface area (Å²) in [6.07, 6.45) is 3.51. The van der Waals surface area contributed by atoms with Gasteiger partial charge in [0.25, 0.3) is 0 Å². The second-order valence-electron chi connectivity index (χ2n) is 8.47. The summed E-state index contributed by atoms with van der Waals surface area (Å²) >= 11 is 0. The quantitative estimate of drug-likeness (QED) is 0.354.